The van der Waals surface area contributed by atoms with Gasteiger partial charge < -0.3 is 9.08 Å². The molecule has 1 heterocycles. The lowest BCUT2D eigenvalue weighted by Crippen LogP contribution is -2.61. The Morgan fingerprint density at radius 3 is 2.47 bits per heavy atom. The van der Waals surface area contributed by atoms with Crippen molar-refractivity contribution in [3.8, 4) is 0 Å². The van der Waals surface area contributed by atoms with Crippen LogP contribution in [0.25, 0.3) is 0 Å². The van der Waals surface area contributed by atoms with E-state index in [0.29, 0.717) is 18.8 Å². The monoisotopic (exact) mass is 449 g/mol. The highest BCUT2D eigenvalue weighted by Crippen LogP contribution is 2.66. The van der Waals surface area contributed by atoms with Gasteiger partial charge in [0.05, 0.1) is 0 Å². The minimum atomic E-state index is -5.68. The Labute approximate surface area is 176 Å². The molecule has 4 rings (SSSR count). The Hall–Kier alpha value is -1.25. The van der Waals surface area contributed by atoms with E-state index in [1.807, 2.05) is 25.8 Å². The van der Waals surface area contributed by atoms with Crippen molar-refractivity contribution in [3.05, 3.63) is 11.8 Å². The van der Waals surface area contributed by atoms with Gasteiger partial charge in [-0.05, 0) is 67.3 Å². The van der Waals surface area contributed by atoms with Gasteiger partial charge in [-0.2, -0.15) is 21.6 Å². The van der Waals surface area contributed by atoms with E-state index in [2.05, 4.69) is 6.92 Å². The van der Waals surface area contributed by atoms with Crippen LogP contribution in [0.4, 0.5) is 13.2 Å². The number of amides is 1. The number of allylic oxidation sites excluding steroid dienone is 2. The summed E-state index contributed by atoms with van der Waals surface area (Å²) in [4.78, 5) is 14.1. The van der Waals surface area contributed by atoms with Crippen molar-refractivity contribution in [2.75, 3.05) is 7.05 Å². The minimum Gasteiger partial charge on any atom is -0.380 e. The van der Waals surface area contributed by atoms with E-state index >= 15 is 0 Å². The molecule has 0 radical (unpaired) electrons. The smallest absolute Gasteiger partial charge is 0.380 e. The zero-order chi connectivity index (χ0) is 22.3. The van der Waals surface area contributed by atoms with Crippen LogP contribution in [0, 0.1) is 34.5 Å². The summed E-state index contributed by atoms with van der Waals surface area (Å²) in [5, 5.41) is 0. The molecular weight excluding hydrogens is 419 g/mol. The van der Waals surface area contributed by atoms with Crippen LogP contribution in [0.5, 0.6) is 0 Å². The molecule has 1 saturated heterocycles. The maximum Gasteiger partial charge on any atom is 0.534 e. The third kappa shape index (κ3) is 2.93. The summed E-state index contributed by atoms with van der Waals surface area (Å²) >= 11 is 0. The van der Waals surface area contributed by atoms with Crippen molar-refractivity contribution in [3.63, 3.8) is 0 Å². The first-order chi connectivity index (χ1) is 13.7. The SMILES string of the molecule is C[C@@H]1C=C(OS(=O)(=O)C(F)(F)F)[C@@]2(C)CC[C@H]3[C@@H](CC[C@H]4N(C)C(=O)CC[C@]34C)[C@H]12. The molecule has 0 unspecified atom stereocenters. The highest BCUT2D eigenvalue weighted by molar-refractivity contribution is 7.87. The van der Waals surface area contributed by atoms with Gasteiger partial charge in [-0.1, -0.05) is 20.8 Å². The third-order valence-corrected chi connectivity index (χ3v) is 9.80. The highest BCUT2D eigenvalue weighted by Gasteiger charge is 2.63. The molecule has 9 heteroatoms. The van der Waals surface area contributed by atoms with Crippen LogP contribution in [-0.4, -0.2) is 37.8 Å². The Balaban J connectivity index is 1.63. The number of alkyl halides is 3. The molecule has 0 aromatic rings. The maximum atomic E-state index is 12.9. The number of fused-ring (bicyclic) bond motifs is 5. The number of carbonyl (C=O) groups is 1. The fourth-order valence-corrected chi connectivity index (χ4v) is 8.06. The largest absolute Gasteiger partial charge is 0.534 e. The second-order valence-electron chi connectivity index (χ2n) is 10.2. The van der Waals surface area contributed by atoms with E-state index in [1.165, 1.54) is 0 Å². The van der Waals surface area contributed by atoms with E-state index < -0.39 is 21.0 Å². The molecule has 5 nitrogen and oxygen atoms in total. The zero-order valence-corrected chi connectivity index (χ0v) is 18.6. The molecule has 3 fully saturated rings. The molecule has 4 aliphatic rings. The number of rotatable bonds is 2. The second kappa shape index (κ2) is 6.62. The topological polar surface area (TPSA) is 63.7 Å². The Kier molecular flexibility index (Phi) is 4.85. The number of likely N-dealkylation sites (tertiary alicyclic amines) is 1. The van der Waals surface area contributed by atoms with Gasteiger partial charge in [-0.3, -0.25) is 4.79 Å². The van der Waals surface area contributed by atoms with Crippen molar-refractivity contribution in [2.24, 2.45) is 34.5 Å². The summed E-state index contributed by atoms with van der Waals surface area (Å²) in [6, 6.07) is 0.190. The predicted octanol–water partition coefficient (Wildman–Crippen LogP) is 4.46. The standard InChI is InChI=1S/C21H30F3NO4S/c1-12-11-16(29-30(27,28)21(22,23)24)20(3)9-7-14-13(18(12)20)5-6-15-19(14,2)10-8-17(26)25(15)4/h11-15,18H,5-10H2,1-4H3/t12-,13-,14+,15-,18+,19-,20-/m1/s1. The van der Waals surface area contributed by atoms with Gasteiger partial charge in [0, 0.05) is 24.9 Å². The lowest BCUT2D eigenvalue weighted by Gasteiger charge is -2.61. The minimum absolute atomic E-state index is 0.0196. The van der Waals surface area contributed by atoms with Gasteiger partial charge in [0.25, 0.3) is 0 Å². The van der Waals surface area contributed by atoms with Crippen molar-refractivity contribution in [2.45, 2.75) is 70.8 Å². The van der Waals surface area contributed by atoms with Crippen LogP contribution in [-0.2, 0) is 19.1 Å². The van der Waals surface area contributed by atoms with Gasteiger partial charge in [-0.15, -0.1) is 0 Å². The van der Waals surface area contributed by atoms with Crippen molar-refractivity contribution < 1.29 is 30.6 Å². The van der Waals surface area contributed by atoms with E-state index in [1.54, 1.807) is 6.08 Å². The van der Waals surface area contributed by atoms with Crippen molar-refractivity contribution in [1.29, 1.82) is 0 Å². The Morgan fingerprint density at radius 2 is 1.83 bits per heavy atom. The van der Waals surface area contributed by atoms with Crippen molar-refractivity contribution in [1.82, 2.24) is 4.90 Å². The second-order valence-corrected chi connectivity index (χ2v) is 11.8. The highest BCUT2D eigenvalue weighted by atomic mass is 32.2. The molecule has 1 aliphatic heterocycles. The van der Waals surface area contributed by atoms with Crippen LogP contribution in [0.2, 0.25) is 0 Å². The normalized spacial score (nSPS) is 44.1. The first kappa shape index (κ1) is 22.0. The van der Waals surface area contributed by atoms with Crippen molar-refractivity contribution >= 4 is 16.0 Å². The predicted molar refractivity (Wildman–Crippen MR) is 104 cm³/mol. The molecule has 2 saturated carbocycles. The average Bonchev–Trinajstić information content (AvgIpc) is 2.87. The van der Waals surface area contributed by atoms with Crippen LogP contribution in [0.15, 0.2) is 11.8 Å². The number of hydrogen-bond donors (Lipinski definition) is 0. The van der Waals surface area contributed by atoms with Crippen LogP contribution < -0.4 is 0 Å². The van der Waals surface area contributed by atoms with Gasteiger partial charge in [0.15, 0.2) is 0 Å². The van der Waals surface area contributed by atoms with E-state index in [9.17, 15) is 26.4 Å². The third-order valence-electron chi connectivity index (χ3n) is 8.84. The molecule has 7 atom stereocenters. The van der Waals surface area contributed by atoms with Crippen LogP contribution in [0.1, 0.15) is 59.3 Å². The molecule has 0 aromatic carbocycles. The van der Waals surface area contributed by atoms with E-state index in [4.69, 9.17) is 4.18 Å². The lowest BCUT2D eigenvalue weighted by molar-refractivity contribution is -0.158. The molecule has 170 valence electrons. The summed E-state index contributed by atoms with van der Waals surface area (Å²) in [5.74, 6) is 0.742. The Morgan fingerprint density at radius 1 is 1.17 bits per heavy atom. The van der Waals surface area contributed by atoms with Crippen LogP contribution >= 0.6 is 0 Å². The maximum absolute atomic E-state index is 12.9. The van der Waals surface area contributed by atoms with Gasteiger partial charge in [-0.25, -0.2) is 0 Å². The molecule has 0 aromatic heterocycles. The molecule has 1 amide bonds. The molecule has 3 aliphatic carbocycles. The summed E-state index contributed by atoms with van der Waals surface area (Å²) in [6.45, 7) is 6.07. The zero-order valence-electron chi connectivity index (χ0n) is 17.8. The number of hydrogen-bond acceptors (Lipinski definition) is 4. The Bertz CT molecular complexity index is 885. The first-order valence-corrected chi connectivity index (χ1v) is 12.1. The molecule has 0 spiro atoms. The number of carbonyl (C=O) groups excluding carboxylic acids is 1. The molecular formula is C21H30F3NO4S. The number of halogens is 3. The molecule has 30 heavy (non-hydrogen) atoms. The van der Waals surface area contributed by atoms with Crippen LogP contribution in [0.3, 0.4) is 0 Å². The van der Waals surface area contributed by atoms with Gasteiger partial charge in [0.2, 0.25) is 5.91 Å². The van der Waals surface area contributed by atoms with E-state index in [0.717, 1.165) is 25.7 Å². The first-order valence-electron chi connectivity index (χ1n) is 10.7. The average molecular weight is 450 g/mol. The summed E-state index contributed by atoms with van der Waals surface area (Å²) in [5.41, 5.74) is -6.18. The molecule has 0 N–H and O–H groups in total. The summed E-state index contributed by atoms with van der Waals surface area (Å²) < 4.78 is 66.9. The molecule has 0 bridgehead atoms. The number of piperidine rings is 1. The fourth-order valence-electron chi connectivity index (χ4n) is 7.48. The van der Waals surface area contributed by atoms with E-state index in [-0.39, 0.29) is 40.9 Å². The number of nitrogens with zero attached hydrogens (tertiary/aromatic N) is 1. The quantitative estimate of drug-likeness (QED) is 0.461. The van der Waals surface area contributed by atoms with Gasteiger partial charge in [0.1, 0.15) is 5.76 Å². The summed E-state index contributed by atoms with van der Waals surface area (Å²) in [6.07, 6.45) is 6.10. The summed E-state index contributed by atoms with van der Waals surface area (Å²) in [7, 11) is -3.80. The van der Waals surface area contributed by atoms with Gasteiger partial charge >= 0.3 is 15.6 Å². The fraction of sp³-hybridized carbons (Fsp3) is 0.857. The lowest BCUT2D eigenvalue weighted by atomic mass is 9.46.